The van der Waals surface area contributed by atoms with E-state index in [0.717, 1.165) is 48.8 Å². The van der Waals surface area contributed by atoms with Crippen molar-refractivity contribution in [2.45, 2.75) is 53.1 Å². The van der Waals surface area contributed by atoms with E-state index in [4.69, 9.17) is 0 Å². The highest BCUT2D eigenvalue weighted by Crippen LogP contribution is 2.20. The Morgan fingerprint density at radius 1 is 1.11 bits per heavy atom. The zero-order valence-corrected chi connectivity index (χ0v) is 12.5. The fourth-order valence-electron chi connectivity index (χ4n) is 1.77. The van der Waals surface area contributed by atoms with Gasteiger partial charge >= 0.3 is 0 Å². The van der Waals surface area contributed by atoms with E-state index in [0.29, 0.717) is 6.54 Å². The Morgan fingerprint density at radius 3 is 2.26 bits per heavy atom. The Hall–Kier alpha value is -1.36. The first-order chi connectivity index (χ1) is 9.12. The first kappa shape index (κ1) is 15.7. The van der Waals surface area contributed by atoms with E-state index in [-0.39, 0.29) is 6.10 Å². The molecule has 0 amide bonds. The van der Waals surface area contributed by atoms with Gasteiger partial charge in [0.1, 0.15) is 17.5 Å². The van der Waals surface area contributed by atoms with Crippen LogP contribution in [0.1, 0.15) is 45.0 Å². The maximum Gasteiger partial charge on any atom is 0.134 e. The highest BCUT2D eigenvalue weighted by atomic mass is 16.3. The Labute approximate surface area is 115 Å². The van der Waals surface area contributed by atoms with Crippen LogP contribution >= 0.6 is 0 Å². The molecule has 1 unspecified atom stereocenters. The summed E-state index contributed by atoms with van der Waals surface area (Å²) in [7, 11) is 0. The fraction of sp³-hybridized carbons (Fsp3) is 0.714. The zero-order valence-electron chi connectivity index (χ0n) is 12.5. The summed E-state index contributed by atoms with van der Waals surface area (Å²) in [4.78, 5) is 9.07. The Kier molecular flexibility index (Phi) is 6.56. The number of hydrogen-bond acceptors (Lipinski definition) is 5. The van der Waals surface area contributed by atoms with Gasteiger partial charge in [-0.05, 0) is 26.7 Å². The lowest BCUT2D eigenvalue weighted by Crippen LogP contribution is -2.20. The number of nitrogens with one attached hydrogen (secondary N) is 2. The summed E-state index contributed by atoms with van der Waals surface area (Å²) < 4.78 is 0. The van der Waals surface area contributed by atoms with Crippen molar-refractivity contribution >= 4 is 11.6 Å². The van der Waals surface area contributed by atoms with Crippen LogP contribution in [0.25, 0.3) is 0 Å². The van der Waals surface area contributed by atoms with Gasteiger partial charge in [-0.2, -0.15) is 0 Å². The standard InChI is InChI=1S/C14H26N4O/c1-5-8-12-17-13(15-7-3)10(4)14(18-12)16-9-11(19)6-2/h11,19H,5-9H2,1-4H3,(H2,15,16,17,18). The molecule has 0 aliphatic rings. The first-order valence-corrected chi connectivity index (χ1v) is 7.15. The third kappa shape index (κ3) is 4.67. The molecule has 3 N–H and O–H groups in total. The third-order valence-corrected chi connectivity index (χ3v) is 2.99. The molecule has 0 radical (unpaired) electrons. The van der Waals surface area contributed by atoms with Crippen molar-refractivity contribution in [3.8, 4) is 0 Å². The fourth-order valence-corrected chi connectivity index (χ4v) is 1.77. The molecule has 19 heavy (non-hydrogen) atoms. The molecule has 1 atom stereocenters. The minimum Gasteiger partial charge on any atom is -0.391 e. The molecule has 0 saturated carbocycles. The van der Waals surface area contributed by atoms with Crippen LogP contribution < -0.4 is 10.6 Å². The predicted octanol–water partition coefficient (Wildman–Crippen LogP) is 2.35. The molecule has 0 bridgehead atoms. The lowest BCUT2D eigenvalue weighted by Gasteiger charge is -2.16. The summed E-state index contributed by atoms with van der Waals surface area (Å²) in [5.41, 5.74) is 1.00. The second kappa shape index (κ2) is 7.94. The first-order valence-electron chi connectivity index (χ1n) is 7.15. The zero-order chi connectivity index (χ0) is 14.3. The van der Waals surface area contributed by atoms with E-state index < -0.39 is 0 Å². The number of rotatable bonds is 8. The van der Waals surface area contributed by atoms with Crippen LogP contribution in [0.4, 0.5) is 11.6 Å². The number of aryl methyl sites for hydroxylation is 1. The smallest absolute Gasteiger partial charge is 0.134 e. The van der Waals surface area contributed by atoms with E-state index in [1.165, 1.54) is 0 Å². The second-order valence-electron chi connectivity index (χ2n) is 4.69. The molecule has 108 valence electrons. The van der Waals surface area contributed by atoms with Gasteiger partial charge in [-0.1, -0.05) is 13.8 Å². The van der Waals surface area contributed by atoms with E-state index >= 15 is 0 Å². The maximum absolute atomic E-state index is 9.63. The van der Waals surface area contributed by atoms with E-state index in [9.17, 15) is 5.11 Å². The van der Waals surface area contributed by atoms with Gasteiger partial charge in [0, 0.05) is 25.1 Å². The Balaban J connectivity index is 2.92. The van der Waals surface area contributed by atoms with Gasteiger partial charge in [0.2, 0.25) is 0 Å². The molecule has 0 aliphatic carbocycles. The topological polar surface area (TPSA) is 70.1 Å². The van der Waals surface area contributed by atoms with Crippen LogP contribution in [0.15, 0.2) is 0 Å². The summed E-state index contributed by atoms with van der Waals surface area (Å²) in [5, 5.41) is 16.1. The van der Waals surface area contributed by atoms with Crippen molar-refractivity contribution in [3.63, 3.8) is 0 Å². The van der Waals surface area contributed by atoms with Crippen molar-refractivity contribution in [3.05, 3.63) is 11.4 Å². The average molecular weight is 266 g/mol. The number of hydrogen-bond donors (Lipinski definition) is 3. The highest BCUT2D eigenvalue weighted by Gasteiger charge is 2.11. The van der Waals surface area contributed by atoms with Crippen LogP contribution in [0, 0.1) is 6.92 Å². The molecule has 0 aliphatic heterocycles. The normalized spacial score (nSPS) is 12.3. The number of aliphatic hydroxyl groups is 1. The van der Waals surface area contributed by atoms with Crippen molar-refractivity contribution in [2.24, 2.45) is 0 Å². The van der Waals surface area contributed by atoms with Crippen LogP contribution in [-0.2, 0) is 6.42 Å². The molecule has 1 heterocycles. The third-order valence-electron chi connectivity index (χ3n) is 2.99. The van der Waals surface area contributed by atoms with Gasteiger partial charge < -0.3 is 15.7 Å². The molecule has 5 nitrogen and oxygen atoms in total. The summed E-state index contributed by atoms with van der Waals surface area (Å²) >= 11 is 0. The highest BCUT2D eigenvalue weighted by molar-refractivity contribution is 5.57. The van der Waals surface area contributed by atoms with Gasteiger partial charge in [-0.25, -0.2) is 9.97 Å². The molecular weight excluding hydrogens is 240 g/mol. The molecule has 1 aromatic heterocycles. The van der Waals surface area contributed by atoms with Crippen LogP contribution in [0.2, 0.25) is 0 Å². The second-order valence-corrected chi connectivity index (χ2v) is 4.69. The monoisotopic (exact) mass is 266 g/mol. The number of aromatic nitrogens is 2. The molecule has 1 rings (SSSR count). The van der Waals surface area contributed by atoms with Gasteiger partial charge in [0.05, 0.1) is 6.10 Å². The minimum atomic E-state index is -0.341. The van der Waals surface area contributed by atoms with Gasteiger partial charge in [0.15, 0.2) is 0 Å². The predicted molar refractivity (Wildman–Crippen MR) is 79.7 cm³/mol. The van der Waals surface area contributed by atoms with Crippen LogP contribution in [-0.4, -0.2) is 34.3 Å². The molecule has 0 saturated heterocycles. The summed E-state index contributed by atoms with van der Waals surface area (Å²) in [6.07, 6.45) is 2.28. The number of anilines is 2. The van der Waals surface area contributed by atoms with E-state index in [2.05, 4.69) is 34.4 Å². The van der Waals surface area contributed by atoms with E-state index in [1.54, 1.807) is 0 Å². The summed E-state index contributed by atoms with van der Waals surface area (Å²) in [6.45, 7) is 9.48. The average Bonchev–Trinajstić information content (AvgIpc) is 2.40. The van der Waals surface area contributed by atoms with Crippen molar-refractivity contribution < 1.29 is 5.11 Å². The van der Waals surface area contributed by atoms with Crippen molar-refractivity contribution in [1.82, 2.24) is 9.97 Å². The number of aliphatic hydroxyl groups excluding tert-OH is 1. The van der Waals surface area contributed by atoms with Crippen molar-refractivity contribution in [1.29, 1.82) is 0 Å². The molecule has 1 aromatic rings. The summed E-state index contributed by atoms with van der Waals surface area (Å²) in [5.74, 6) is 2.55. The summed E-state index contributed by atoms with van der Waals surface area (Å²) in [6, 6.07) is 0. The van der Waals surface area contributed by atoms with E-state index in [1.807, 2.05) is 13.8 Å². The molecule has 0 aromatic carbocycles. The van der Waals surface area contributed by atoms with Crippen LogP contribution in [0.5, 0.6) is 0 Å². The Morgan fingerprint density at radius 2 is 1.74 bits per heavy atom. The van der Waals surface area contributed by atoms with Gasteiger partial charge in [0.25, 0.3) is 0 Å². The van der Waals surface area contributed by atoms with Gasteiger partial charge in [-0.15, -0.1) is 0 Å². The SMILES string of the molecule is CCCc1nc(NCC)c(C)c(NCC(O)CC)n1. The van der Waals surface area contributed by atoms with Gasteiger partial charge in [-0.3, -0.25) is 0 Å². The quantitative estimate of drug-likeness (QED) is 0.674. The lowest BCUT2D eigenvalue weighted by atomic mass is 10.2. The molecule has 5 heteroatoms. The number of nitrogens with zero attached hydrogens (tertiary/aromatic N) is 2. The molecule has 0 spiro atoms. The largest absolute Gasteiger partial charge is 0.391 e. The molecular formula is C14H26N4O. The Bertz CT molecular complexity index is 395. The lowest BCUT2D eigenvalue weighted by molar-refractivity contribution is 0.183. The maximum atomic E-state index is 9.63. The van der Waals surface area contributed by atoms with Crippen molar-refractivity contribution in [2.75, 3.05) is 23.7 Å². The van der Waals surface area contributed by atoms with Crippen LogP contribution in [0.3, 0.4) is 0 Å². The minimum absolute atomic E-state index is 0.341. The molecule has 0 fully saturated rings.